The molecule has 0 aliphatic heterocycles. The van der Waals surface area contributed by atoms with Crippen molar-refractivity contribution in [1.29, 1.82) is 5.26 Å². The van der Waals surface area contributed by atoms with Gasteiger partial charge < -0.3 is 10.2 Å². The third-order valence-electron chi connectivity index (χ3n) is 4.13. The monoisotopic (exact) mass is 291 g/mol. The van der Waals surface area contributed by atoms with Gasteiger partial charge in [-0.15, -0.1) is 11.3 Å². The molecule has 1 fully saturated rings. The molecule has 0 saturated heterocycles. The Kier molecular flexibility index (Phi) is 6.52. The molecule has 110 valence electrons. The molecule has 0 atom stereocenters. The minimum absolute atomic E-state index is 0.804. The van der Waals surface area contributed by atoms with Crippen molar-refractivity contribution in [2.75, 3.05) is 20.1 Å². The number of rotatable bonds is 7. The summed E-state index contributed by atoms with van der Waals surface area (Å²) in [6.45, 7) is 3.13. The molecule has 0 bridgehead atoms. The van der Waals surface area contributed by atoms with Crippen molar-refractivity contribution in [2.45, 2.75) is 51.1 Å². The molecule has 1 aliphatic rings. The first-order valence-electron chi connectivity index (χ1n) is 7.69. The number of hydrogen-bond acceptors (Lipinski definition) is 4. The third kappa shape index (κ3) is 4.90. The van der Waals surface area contributed by atoms with E-state index in [1.54, 1.807) is 11.3 Å². The van der Waals surface area contributed by atoms with Crippen LogP contribution in [-0.4, -0.2) is 31.1 Å². The van der Waals surface area contributed by atoms with Crippen molar-refractivity contribution in [3.05, 3.63) is 21.9 Å². The van der Waals surface area contributed by atoms with Gasteiger partial charge in [0, 0.05) is 17.5 Å². The van der Waals surface area contributed by atoms with Crippen LogP contribution >= 0.6 is 11.3 Å². The zero-order chi connectivity index (χ0) is 14.2. The Morgan fingerprint density at radius 3 is 2.85 bits per heavy atom. The Bertz CT molecular complexity index is 429. The fraction of sp³-hybridized carbons (Fsp3) is 0.688. The lowest BCUT2D eigenvalue weighted by molar-refractivity contribution is 0.189. The van der Waals surface area contributed by atoms with Gasteiger partial charge in [0.2, 0.25) is 0 Å². The van der Waals surface area contributed by atoms with Gasteiger partial charge in [-0.2, -0.15) is 5.26 Å². The summed E-state index contributed by atoms with van der Waals surface area (Å²) in [5, 5.41) is 12.3. The third-order valence-corrected chi connectivity index (χ3v) is 5.12. The lowest BCUT2D eigenvalue weighted by atomic mass is 9.94. The van der Waals surface area contributed by atoms with Crippen LogP contribution in [0, 0.1) is 11.3 Å². The number of nitrogens with one attached hydrogen (secondary N) is 1. The zero-order valence-corrected chi connectivity index (χ0v) is 13.2. The van der Waals surface area contributed by atoms with E-state index in [0.29, 0.717) is 0 Å². The largest absolute Gasteiger partial charge is 0.312 e. The van der Waals surface area contributed by atoms with Crippen LogP contribution in [-0.2, 0) is 6.54 Å². The minimum Gasteiger partial charge on any atom is -0.312 e. The van der Waals surface area contributed by atoms with Gasteiger partial charge in [-0.3, -0.25) is 0 Å². The van der Waals surface area contributed by atoms with Crippen LogP contribution in [0.3, 0.4) is 0 Å². The molecule has 20 heavy (non-hydrogen) atoms. The standard InChI is InChI=1S/C16H25N3S/c1-19(14-6-3-2-4-7-14)11-5-10-18-13-16-9-8-15(12-17)20-16/h8-9,14,18H,2-7,10-11,13H2,1H3. The normalized spacial score (nSPS) is 16.4. The maximum absolute atomic E-state index is 8.78. The summed E-state index contributed by atoms with van der Waals surface area (Å²) in [7, 11) is 2.27. The molecule has 3 nitrogen and oxygen atoms in total. The van der Waals surface area contributed by atoms with E-state index >= 15 is 0 Å². The van der Waals surface area contributed by atoms with Crippen LogP contribution in [0.1, 0.15) is 48.3 Å². The van der Waals surface area contributed by atoms with E-state index in [2.05, 4.69) is 23.3 Å². The smallest absolute Gasteiger partial charge is 0.110 e. The molecule has 2 rings (SSSR count). The summed E-state index contributed by atoms with van der Waals surface area (Å²) >= 11 is 1.59. The second-order valence-electron chi connectivity index (χ2n) is 5.68. The first-order valence-corrected chi connectivity index (χ1v) is 8.51. The molecule has 1 aromatic heterocycles. The van der Waals surface area contributed by atoms with Gasteiger partial charge in [-0.25, -0.2) is 0 Å². The van der Waals surface area contributed by atoms with Crippen LogP contribution in [0.5, 0.6) is 0 Å². The molecule has 4 heteroatoms. The second kappa shape index (κ2) is 8.41. The van der Waals surface area contributed by atoms with Crippen LogP contribution in [0.4, 0.5) is 0 Å². The molecule has 0 radical (unpaired) electrons. The number of nitrogens with zero attached hydrogens (tertiary/aromatic N) is 2. The lowest BCUT2D eigenvalue weighted by Gasteiger charge is -2.31. The van der Waals surface area contributed by atoms with Crippen LogP contribution < -0.4 is 5.32 Å². The summed E-state index contributed by atoms with van der Waals surface area (Å²) in [5.41, 5.74) is 0. The Labute approximate surface area is 126 Å². The highest BCUT2D eigenvalue weighted by Gasteiger charge is 2.16. The average Bonchev–Trinajstić information content (AvgIpc) is 2.95. The maximum Gasteiger partial charge on any atom is 0.110 e. The van der Waals surface area contributed by atoms with E-state index in [1.807, 2.05) is 12.1 Å². The fourth-order valence-electron chi connectivity index (χ4n) is 2.90. The van der Waals surface area contributed by atoms with Crippen molar-refractivity contribution in [1.82, 2.24) is 10.2 Å². The Hall–Kier alpha value is -0.890. The topological polar surface area (TPSA) is 39.1 Å². The Balaban J connectivity index is 1.56. The summed E-state index contributed by atoms with van der Waals surface area (Å²) in [6.07, 6.45) is 8.21. The van der Waals surface area contributed by atoms with Gasteiger partial charge in [0.15, 0.2) is 0 Å². The van der Waals surface area contributed by atoms with E-state index in [-0.39, 0.29) is 0 Å². The molecule has 1 aliphatic carbocycles. The van der Waals surface area contributed by atoms with Gasteiger partial charge >= 0.3 is 0 Å². The first-order chi connectivity index (χ1) is 9.79. The highest BCUT2D eigenvalue weighted by atomic mass is 32.1. The SMILES string of the molecule is CN(CCCNCc1ccc(C#N)s1)C1CCCCC1. The molecule has 1 N–H and O–H groups in total. The molecule has 1 aromatic rings. The van der Waals surface area contributed by atoms with E-state index in [1.165, 1.54) is 49.9 Å². The predicted molar refractivity (Wildman–Crippen MR) is 84.9 cm³/mol. The minimum atomic E-state index is 0.804. The maximum atomic E-state index is 8.78. The van der Waals surface area contributed by atoms with Crippen LogP contribution in [0.15, 0.2) is 12.1 Å². The summed E-state index contributed by atoms with van der Waals surface area (Å²) < 4.78 is 0. The lowest BCUT2D eigenvalue weighted by Crippen LogP contribution is -2.35. The van der Waals surface area contributed by atoms with Gasteiger partial charge in [-0.05, 0) is 51.5 Å². The molecule has 1 saturated carbocycles. The summed E-state index contributed by atoms with van der Waals surface area (Å²) in [4.78, 5) is 4.60. The molecular weight excluding hydrogens is 266 g/mol. The second-order valence-corrected chi connectivity index (χ2v) is 6.85. The molecule has 0 aromatic carbocycles. The highest BCUT2D eigenvalue weighted by molar-refractivity contribution is 7.12. The first kappa shape index (κ1) is 15.5. The van der Waals surface area contributed by atoms with Crippen molar-refractivity contribution in [3.63, 3.8) is 0 Å². The van der Waals surface area contributed by atoms with Crippen molar-refractivity contribution < 1.29 is 0 Å². The quantitative estimate of drug-likeness (QED) is 0.783. The number of thiophene rings is 1. The van der Waals surface area contributed by atoms with Crippen molar-refractivity contribution in [3.8, 4) is 6.07 Å². The molecular formula is C16H25N3S. The number of hydrogen-bond donors (Lipinski definition) is 1. The van der Waals surface area contributed by atoms with Gasteiger partial charge in [0.25, 0.3) is 0 Å². The predicted octanol–water partition coefficient (Wildman–Crippen LogP) is 3.36. The zero-order valence-electron chi connectivity index (χ0n) is 12.4. The van der Waals surface area contributed by atoms with E-state index in [9.17, 15) is 0 Å². The summed E-state index contributed by atoms with van der Waals surface area (Å²) in [6, 6.07) is 6.95. The Morgan fingerprint density at radius 1 is 1.35 bits per heavy atom. The van der Waals surface area contributed by atoms with E-state index < -0.39 is 0 Å². The van der Waals surface area contributed by atoms with E-state index in [4.69, 9.17) is 5.26 Å². The summed E-state index contributed by atoms with van der Waals surface area (Å²) in [5.74, 6) is 0. The molecule has 0 amide bonds. The molecule has 0 spiro atoms. The fourth-order valence-corrected chi connectivity index (χ4v) is 3.68. The van der Waals surface area contributed by atoms with E-state index in [0.717, 1.165) is 24.0 Å². The van der Waals surface area contributed by atoms with Crippen LogP contribution in [0.25, 0.3) is 0 Å². The van der Waals surface area contributed by atoms with Crippen molar-refractivity contribution >= 4 is 11.3 Å². The average molecular weight is 291 g/mol. The van der Waals surface area contributed by atoms with Crippen molar-refractivity contribution in [2.24, 2.45) is 0 Å². The molecule has 1 heterocycles. The van der Waals surface area contributed by atoms with Gasteiger partial charge in [-0.1, -0.05) is 19.3 Å². The molecule has 0 unspecified atom stereocenters. The number of nitriles is 1. The van der Waals surface area contributed by atoms with Crippen LogP contribution in [0.2, 0.25) is 0 Å². The highest BCUT2D eigenvalue weighted by Crippen LogP contribution is 2.21. The van der Waals surface area contributed by atoms with Gasteiger partial charge in [0.1, 0.15) is 10.9 Å². The Morgan fingerprint density at radius 2 is 2.15 bits per heavy atom. The van der Waals surface area contributed by atoms with Gasteiger partial charge in [0.05, 0.1) is 0 Å².